The third-order valence-corrected chi connectivity index (χ3v) is 4.52. The van der Waals surface area contributed by atoms with Crippen molar-refractivity contribution in [2.24, 2.45) is 0 Å². The predicted octanol–water partition coefficient (Wildman–Crippen LogP) is 0.384. The van der Waals surface area contributed by atoms with Crippen molar-refractivity contribution >= 4 is 35.1 Å². The Bertz CT molecular complexity index is 997. The molecule has 1 aliphatic heterocycles. The summed E-state index contributed by atoms with van der Waals surface area (Å²) in [6.07, 6.45) is -2.43. The molecule has 0 aliphatic carbocycles. The highest BCUT2D eigenvalue weighted by Crippen LogP contribution is 2.27. The van der Waals surface area contributed by atoms with Crippen molar-refractivity contribution in [3.05, 3.63) is 40.7 Å². The molecule has 3 rings (SSSR count). The topological polar surface area (TPSA) is 172 Å². The Morgan fingerprint density at radius 2 is 1.81 bits per heavy atom. The van der Waals surface area contributed by atoms with Crippen molar-refractivity contribution in [1.29, 1.82) is 0 Å². The van der Waals surface area contributed by atoms with Gasteiger partial charge < -0.3 is 31.3 Å². The number of esters is 2. The summed E-state index contributed by atoms with van der Waals surface area (Å²) >= 11 is 0. The summed E-state index contributed by atoms with van der Waals surface area (Å²) in [7, 11) is 0. The van der Waals surface area contributed by atoms with E-state index in [2.05, 4.69) is 31.5 Å². The monoisotopic (exact) mass is 431 g/mol. The highest BCUT2D eigenvalue weighted by molar-refractivity contribution is 5.70. The number of fused-ring (bicyclic) bond motifs is 1. The fraction of sp³-hybridized carbons (Fsp3) is 0.368. The van der Waals surface area contributed by atoms with Crippen LogP contribution in [0, 0.1) is 0 Å². The van der Waals surface area contributed by atoms with Gasteiger partial charge in [0.2, 0.25) is 5.95 Å². The van der Waals surface area contributed by atoms with E-state index >= 15 is 0 Å². The zero-order chi connectivity index (χ0) is 22.5. The van der Waals surface area contributed by atoms with E-state index in [4.69, 9.17) is 15.2 Å². The Morgan fingerprint density at radius 1 is 1.13 bits per heavy atom. The summed E-state index contributed by atoms with van der Waals surface area (Å²) < 4.78 is 10.7. The first-order chi connectivity index (χ1) is 14.7. The Hall–Kier alpha value is -3.80. The van der Waals surface area contributed by atoms with E-state index in [1.165, 1.54) is 13.8 Å². The number of hydrogen-bond donors (Lipinski definition) is 6. The number of nitrogens with two attached hydrogens (primary N) is 1. The zero-order valence-corrected chi connectivity index (χ0v) is 17.3. The van der Waals surface area contributed by atoms with Gasteiger partial charge in [0, 0.05) is 19.5 Å². The van der Waals surface area contributed by atoms with Gasteiger partial charge in [-0.15, -0.1) is 0 Å². The average molecular weight is 431 g/mol. The lowest BCUT2D eigenvalue weighted by Crippen LogP contribution is -2.62. The standard InChI is InChI=1S/C19H25N7O5/c1-9(30-10(2)27)15(31-11(3)28)13-17(26-25-12-7-5-4-6-8-12)22-16-14(21-13)18(29)24-19(20)23-16/h4-9,13,15,17,21,25-26H,1-3H3,(H4,20,22,23,24,29)/t9-,13+,15+,17-/m1/s1. The van der Waals surface area contributed by atoms with Crippen LogP contribution in [0.25, 0.3) is 0 Å². The Balaban J connectivity index is 1.94. The lowest BCUT2D eigenvalue weighted by molar-refractivity contribution is -0.165. The summed E-state index contributed by atoms with van der Waals surface area (Å²) in [6.45, 7) is 4.10. The van der Waals surface area contributed by atoms with Crippen LogP contribution in [-0.4, -0.2) is 46.3 Å². The van der Waals surface area contributed by atoms with E-state index in [9.17, 15) is 14.4 Å². The molecule has 7 N–H and O–H groups in total. The number of benzene rings is 1. The number of hydrogen-bond acceptors (Lipinski definition) is 11. The zero-order valence-electron chi connectivity index (χ0n) is 17.3. The van der Waals surface area contributed by atoms with Crippen LogP contribution >= 0.6 is 0 Å². The predicted molar refractivity (Wildman–Crippen MR) is 114 cm³/mol. The smallest absolute Gasteiger partial charge is 0.303 e. The molecule has 0 saturated carbocycles. The Kier molecular flexibility index (Phi) is 6.60. The molecule has 1 aromatic carbocycles. The number of carbonyl (C=O) groups is 2. The second-order valence-electron chi connectivity index (χ2n) is 6.99. The van der Waals surface area contributed by atoms with Crippen molar-refractivity contribution in [2.75, 3.05) is 21.8 Å². The van der Waals surface area contributed by atoms with Crippen molar-refractivity contribution in [2.45, 2.75) is 45.2 Å². The summed E-state index contributed by atoms with van der Waals surface area (Å²) in [5.74, 6) is -0.952. The molecule has 0 amide bonds. The van der Waals surface area contributed by atoms with Crippen molar-refractivity contribution in [1.82, 2.24) is 15.4 Å². The van der Waals surface area contributed by atoms with E-state index in [0.717, 1.165) is 5.69 Å². The van der Waals surface area contributed by atoms with E-state index in [0.29, 0.717) is 0 Å². The molecule has 31 heavy (non-hydrogen) atoms. The number of H-pyrrole nitrogens is 1. The third kappa shape index (κ3) is 5.42. The molecule has 0 saturated heterocycles. The number of hydrazine groups is 1. The normalized spacial score (nSPS) is 19.1. The lowest BCUT2D eigenvalue weighted by Gasteiger charge is -2.40. The largest absolute Gasteiger partial charge is 0.459 e. The number of carbonyl (C=O) groups excluding carboxylic acids is 2. The minimum atomic E-state index is -0.950. The highest BCUT2D eigenvalue weighted by Gasteiger charge is 2.41. The number of nitrogen functional groups attached to an aromatic ring is 1. The fourth-order valence-electron chi connectivity index (χ4n) is 3.28. The molecule has 2 heterocycles. The lowest BCUT2D eigenvalue weighted by atomic mass is 10.0. The van der Waals surface area contributed by atoms with Crippen LogP contribution in [0.5, 0.6) is 0 Å². The van der Waals surface area contributed by atoms with Gasteiger partial charge in [0.15, 0.2) is 11.9 Å². The molecule has 4 atom stereocenters. The molecule has 1 aliphatic rings. The second-order valence-corrected chi connectivity index (χ2v) is 6.99. The van der Waals surface area contributed by atoms with Crippen molar-refractivity contribution in [3.63, 3.8) is 0 Å². The van der Waals surface area contributed by atoms with Crippen LogP contribution in [0.2, 0.25) is 0 Å². The molecule has 2 aromatic rings. The Morgan fingerprint density at radius 3 is 2.45 bits per heavy atom. The van der Waals surface area contributed by atoms with Crippen LogP contribution < -0.4 is 32.8 Å². The van der Waals surface area contributed by atoms with Crippen LogP contribution in [0.3, 0.4) is 0 Å². The molecule has 0 bridgehead atoms. The van der Waals surface area contributed by atoms with Crippen LogP contribution in [0.15, 0.2) is 35.1 Å². The number of rotatable bonds is 7. The molecule has 0 spiro atoms. The number of aromatic nitrogens is 2. The van der Waals surface area contributed by atoms with Gasteiger partial charge in [0.25, 0.3) is 5.56 Å². The van der Waals surface area contributed by atoms with Gasteiger partial charge in [-0.1, -0.05) is 18.2 Å². The maximum absolute atomic E-state index is 12.4. The molecule has 0 fully saturated rings. The first-order valence-corrected chi connectivity index (χ1v) is 9.58. The van der Waals surface area contributed by atoms with Crippen LogP contribution in [-0.2, 0) is 19.1 Å². The van der Waals surface area contributed by atoms with E-state index in [1.807, 2.05) is 30.3 Å². The number of ether oxygens (including phenoxy) is 2. The fourth-order valence-corrected chi connectivity index (χ4v) is 3.28. The van der Waals surface area contributed by atoms with Gasteiger partial charge in [-0.3, -0.25) is 19.4 Å². The second kappa shape index (κ2) is 9.34. The first-order valence-electron chi connectivity index (χ1n) is 9.58. The van der Waals surface area contributed by atoms with Crippen molar-refractivity contribution in [3.8, 4) is 0 Å². The van der Waals surface area contributed by atoms with Gasteiger partial charge in [-0.05, 0) is 19.1 Å². The highest BCUT2D eigenvalue weighted by atomic mass is 16.6. The maximum Gasteiger partial charge on any atom is 0.303 e. The minimum Gasteiger partial charge on any atom is -0.459 e. The number of nitrogens with one attached hydrogen (secondary N) is 5. The van der Waals surface area contributed by atoms with Gasteiger partial charge in [0.1, 0.15) is 24.0 Å². The molecule has 0 unspecified atom stereocenters. The maximum atomic E-state index is 12.4. The molecular formula is C19H25N7O5. The molecule has 12 nitrogen and oxygen atoms in total. The number of aromatic amines is 1. The summed E-state index contributed by atoms with van der Waals surface area (Å²) in [5.41, 5.74) is 12.2. The van der Waals surface area contributed by atoms with Gasteiger partial charge in [-0.25, -0.2) is 5.43 Å². The number of nitrogens with zero attached hydrogens (tertiary/aromatic N) is 1. The van der Waals surface area contributed by atoms with Gasteiger partial charge in [-0.2, -0.15) is 4.98 Å². The minimum absolute atomic E-state index is 0.0592. The molecule has 1 aromatic heterocycles. The van der Waals surface area contributed by atoms with Crippen LogP contribution in [0.4, 0.5) is 23.1 Å². The third-order valence-electron chi connectivity index (χ3n) is 4.52. The summed E-state index contributed by atoms with van der Waals surface area (Å²) in [5, 5.41) is 6.13. The van der Waals surface area contributed by atoms with E-state index in [-0.39, 0.29) is 17.5 Å². The first kappa shape index (κ1) is 21.9. The van der Waals surface area contributed by atoms with Gasteiger partial charge in [0.05, 0.1) is 0 Å². The van der Waals surface area contributed by atoms with E-state index < -0.39 is 41.9 Å². The molecule has 166 valence electrons. The van der Waals surface area contributed by atoms with Crippen molar-refractivity contribution < 1.29 is 19.1 Å². The van der Waals surface area contributed by atoms with Gasteiger partial charge >= 0.3 is 11.9 Å². The summed E-state index contributed by atoms with van der Waals surface area (Å²) in [4.78, 5) is 42.2. The molecule has 0 radical (unpaired) electrons. The summed E-state index contributed by atoms with van der Waals surface area (Å²) in [6, 6.07) is 8.54. The number of para-hydroxylation sites is 1. The van der Waals surface area contributed by atoms with E-state index in [1.54, 1.807) is 6.92 Å². The number of anilines is 4. The molecular weight excluding hydrogens is 406 g/mol. The average Bonchev–Trinajstić information content (AvgIpc) is 2.70. The van der Waals surface area contributed by atoms with Crippen LogP contribution in [0.1, 0.15) is 20.8 Å². The Labute approximate surface area is 177 Å². The molecule has 12 heteroatoms. The SMILES string of the molecule is CC(=O)O[C@H]([C@@H]1Nc2c(nc(N)[nH]c2=O)N[C@@H]1NNc1ccccc1)[C@@H](C)OC(C)=O. The quantitative estimate of drug-likeness (QED) is 0.264.